The van der Waals surface area contributed by atoms with Crippen molar-refractivity contribution in [3.05, 3.63) is 29.3 Å². The fourth-order valence-corrected chi connectivity index (χ4v) is 2.71. The number of hydrogen-bond donors (Lipinski definition) is 2. The quantitative estimate of drug-likeness (QED) is 0.841. The number of amides is 2. The minimum Gasteiger partial charge on any atom is -0.496 e. The normalized spacial score (nSPS) is 21.5. The van der Waals surface area contributed by atoms with E-state index in [2.05, 4.69) is 0 Å². The van der Waals surface area contributed by atoms with E-state index in [1.807, 2.05) is 25.1 Å². The number of ether oxygens (including phenoxy) is 1. The SMILES string of the molecule is COc1cc(CC(=O)N2CCC[C@@](O)(C(N)=O)C2)ccc1C. The van der Waals surface area contributed by atoms with Gasteiger partial charge in [-0.15, -0.1) is 0 Å². The maximum atomic E-state index is 12.4. The number of carbonyl (C=O) groups excluding carboxylic acids is 2. The van der Waals surface area contributed by atoms with Crippen LogP contribution in [0.15, 0.2) is 18.2 Å². The molecule has 1 aromatic carbocycles. The summed E-state index contributed by atoms with van der Waals surface area (Å²) in [5.74, 6) is -0.176. The molecule has 2 amide bonds. The second-order valence-corrected chi connectivity index (χ2v) is 5.80. The molecule has 0 radical (unpaired) electrons. The molecule has 1 aromatic rings. The van der Waals surface area contributed by atoms with E-state index in [-0.39, 0.29) is 18.9 Å². The van der Waals surface area contributed by atoms with Gasteiger partial charge in [-0.05, 0) is 37.0 Å². The Morgan fingerprint density at radius 2 is 2.18 bits per heavy atom. The predicted molar refractivity (Wildman–Crippen MR) is 81.4 cm³/mol. The molecule has 2 rings (SSSR count). The average molecular weight is 306 g/mol. The van der Waals surface area contributed by atoms with Crippen molar-refractivity contribution >= 4 is 11.8 Å². The van der Waals surface area contributed by atoms with Crippen LogP contribution in [0.5, 0.6) is 5.75 Å². The molecule has 3 N–H and O–H groups in total. The van der Waals surface area contributed by atoms with Gasteiger partial charge < -0.3 is 20.5 Å². The largest absolute Gasteiger partial charge is 0.496 e. The smallest absolute Gasteiger partial charge is 0.251 e. The number of primary amides is 1. The number of hydrogen-bond acceptors (Lipinski definition) is 4. The molecule has 0 aromatic heterocycles. The molecule has 0 unspecified atom stereocenters. The lowest BCUT2D eigenvalue weighted by atomic mass is 9.92. The molecule has 0 saturated carbocycles. The molecule has 22 heavy (non-hydrogen) atoms. The summed E-state index contributed by atoms with van der Waals surface area (Å²) < 4.78 is 5.25. The van der Waals surface area contributed by atoms with E-state index < -0.39 is 11.5 Å². The maximum absolute atomic E-state index is 12.4. The van der Waals surface area contributed by atoms with Gasteiger partial charge in [-0.3, -0.25) is 9.59 Å². The number of piperidine rings is 1. The lowest BCUT2D eigenvalue weighted by Gasteiger charge is -2.37. The molecule has 0 bridgehead atoms. The topological polar surface area (TPSA) is 92.9 Å². The van der Waals surface area contributed by atoms with Crippen molar-refractivity contribution in [2.75, 3.05) is 20.2 Å². The molecule has 6 heteroatoms. The van der Waals surface area contributed by atoms with Gasteiger partial charge in [0.05, 0.1) is 20.1 Å². The number of methoxy groups -OCH3 is 1. The Balaban J connectivity index is 2.07. The number of nitrogens with two attached hydrogens (primary N) is 1. The number of benzene rings is 1. The minimum absolute atomic E-state index is 0.0375. The Labute approximate surface area is 129 Å². The summed E-state index contributed by atoms with van der Waals surface area (Å²) >= 11 is 0. The first-order valence-corrected chi connectivity index (χ1v) is 7.29. The third-order valence-electron chi connectivity index (χ3n) is 4.11. The summed E-state index contributed by atoms with van der Waals surface area (Å²) in [6.45, 7) is 2.42. The van der Waals surface area contributed by atoms with Gasteiger partial charge in [0.1, 0.15) is 5.75 Å². The third-order valence-corrected chi connectivity index (χ3v) is 4.11. The van der Waals surface area contributed by atoms with E-state index >= 15 is 0 Å². The van der Waals surface area contributed by atoms with Gasteiger partial charge in [0.25, 0.3) is 5.91 Å². The number of aryl methyl sites for hydroxylation is 1. The van der Waals surface area contributed by atoms with Crippen molar-refractivity contribution in [1.29, 1.82) is 0 Å². The van der Waals surface area contributed by atoms with Crippen LogP contribution in [0.4, 0.5) is 0 Å². The molecule has 0 aliphatic carbocycles. The first-order chi connectivity index (χ1) is 10.4. The molecule has 1 fully saturated rings. The van der Waals surface area contributed by atoms with Crippen molar-refractivity contribution in [3.8, 4) is 5.75 Å². The van der Waals surface area contributed by atoms with Crippen molar-refractivity contribution in [2.24, 2.45) is 5.73 Å². The summed E-state index contributed by atoms with van der Waals surface area (Å²) in [6, 6.07) is 5.61. The van der Waals surface area contributed by atoms with Gasteiger partial charge in [0, 0.05) is 6.54 Å². The average Bonchev–Trinajstić information content (AvgIpc) is 2.49. The Morgan fingerprint density at radius 1 is 1.45 bits per heavy atom. The maximum Gasteiger partial charge on any atom is 0.251 e. The zero-order chi connectivity index (χ0) is 16.3. The number of rotatable bonds is 4. The van der Waals surface area contributed by atoms with Crippen molar-refractivity contribution in [1.82, 2.24) is 4.90 Å². The van der Waals surface area contributed by atoms with Crippen LogP contribution in [0.3, 0.4) is 0 Å². The van der Waals surface area contributed by atoms with Crippen LogP contribution in [0.25, 0.3) is 0 Å². The summed E-state index contributed by atoms with van der Waals surface area (Å²) in [5, 5.41) is 10.2. The van der Waals surface area contributed by atoms with Crippen molar-refractivity contribution in [3.63, 3.8) is 0 Å². The molecular formula is C16H22N2O4. The first kappa shape index (κ1) is 16.3. The number of likely N-dealkylation sites (tertiary alicyclic amines) is 1. The van der Waals surface area contributed by atoms with Crippen LogP contribution in [-0.2, 0) is 16.0 Å². The van der Waals surface area contributed by atoms with Crippen LogP contribution in [-0.4, -0.2) is 47.6 Å². The molecule has 1 aliphatic rings. The van der Waals surface area contributed by atoms with Gasteiger partial charge in [-0.2, -0.15) is 0 Å². The van der Waals surface area contributed by atoms with Crippen LogP contribution in [0.2, 0.25) is 0 Å². The van der Waals surface area contributed by atoms with Crippen LogP contribution >= 0.6 is 0 Å². The summed E-state index contributed by atoms with van der Waals surface area (Å²) in [5.41, 5.74) is 5.45. The molecule has 1 heterocycles. The molecular weight excluding hydrogens is 284 g/mol. The van der Waals surface area contributed by atoms with Gasteiger partial charge in [0.2, 0.25) is 5.91 Å². The van der Waals surface area contributed by atoms with Gasteiger partial charge in [0.15, 0.2) is 5.60 Å². The highest BCUT2D eigenvalue weighted by Crippen LogP contribution is 2.23. The Bertz CT molecular complexity index is 588. The highest BCUT2D eigenvalue weighted by Gasteiger charge is 2.40. The molecule has 120 valence electrons. The monoisotopic (exact) mass is 306 g/mol. The third kappa shape index (κ3) is 3.39. The Morgan fingerprint density at radius 3 is 2.82 bits per heavy atom. The van der Waals surface area contributed by atoms with Crippen LogP contribution < -0.4 is 10.5 Å². The highest BCUT2D eigenvalue weighted by molar-refractivity contribution is 5.85. The molecule has 1 saturated heterocycles. The molecule has 0 spiro atoms. The van der Waals surface area contributed by atoms with Crippen LogP contribution in [0, 0.1) is 6.92 Å². The molecule has 1 aliphatic heterocycles. The predicted octanol–water partition coefficient (Wildman–Crippen LogP) is 0.385. The van der Waals surface area contributed by atoms with E-state index in [1.165, 1.54) is 4.90 Å². The Hall–Kier alpha value is -2.08. The lowest BCUT2D eigenvalue weighted by Crippen LogP contribution is -2.57. The van der Waals surface area contributed by atoms with E-state index in [4.69, 9.17) is 10.5 Å². The van der Waals surface area contributed by atoms with E-state index in [9.17, 15) is 14.7 Å². The van der Waals surface area contributed by atoms with Gasteiger partial charge in [-0.1, -0.05) is 12.1 Å². The summed E-state index contributed by atoms with van der Waals surface area (Å²) in [4.78, 5) is 25.2. The summed E-state index contributed by atoms with van der Waals surface area (Å²) in [7, 11) is 1.59. The molecule has 1 atom stereocenters. The molecule has 6 nitrogen and oxygen atoms in total. The summed E-state index contributed by atoms with van der Waals surface area (Å²) in [6.07, 6.45) is 1.05. The fraction of sp³-hybridized carbons (Fsp3) is 0.500. The van der Waals surface area contributed by atoms with Crippen molar-refractivity contribution < 1.29 is 19.4 Å². The minimum atomic E-state index is -1.61. The second kappa shape index (κ2) is 6.36. The number of aliphatic hydroxyl groups is 1. The standard InChI is InChI=1S/C16H22N2O4/c1-11-4-5-12(8-13(11)22-2)9-14(19)18-7-3-6-16(21,10-18)15(17)20/h4-5,8,21H,3,6-7,9-10H2,1-2H3,(H2,17,20)/t16-/m0/s1. The zero-order valence-electron chi connectivity index (χ0n) is 13.0. The fourth-order valence-electron chi connectivity index (χ4n) is 2.71. The van der Waals surface area contributed by atoms with E-state index in [0.717, 1.165) is 16.9 Å². The first-order valence-electron chi connectivity index (χ1n) is 7.29. The highest BCUT2D eigenvalue weighted by atomic mass is 16.5. The Kier molecular flexibility index (Phi) is 4.71. The number of carbonyl (C=O) groups is 2. The van der Waals surface area contributed by atoms with Gasteiger partial charge in [-0.25, -0.2) is 0 Å². The van der Waals surface area contributed by atoms with E-state index in [0.29, 0.717) is 19.4 Å². The second-order valence-electron chi connectivity index (χ2n) is 5.80. The zero-order valence-corrected chi connectivity index (χ0v) is 13.0. The van der Waals surface area contributed by atoms with Gasteiger partial charge >= 0.3 is 0 Å². The van der Waals surface area contributed by atoms with Crippen molar-refractivity contribution in [2.45, 2.75) is 31.8 Å². The number of β-amino-alcohol motifs (C(OH)–C–C–N with tert-alkyl or cyclic N) is 1. The van der Waals surface area contributed by atoms with Crippen LogP contribution in [0.1, 0.15) is 24.0 Å². The lowest BCUT2D eigenvalue weighted by molar-refractivity contribution is -0.148. The van der Waals surface area contributed by atoms with E-state index in [1.54, 1.807) is 7.11 Å². The number of nitrogens with zero attached hydrogens (tertiary/aromatic N) is 1.